The van der Waals surface area contributed by atoms with Crippen LogP contribution in [0.15, 0.2) is 0 Å². The molecule has 7 heteroatoms. The standard InChI is InChI=1S/ClH.Er.Eu.Gd.Sm.Tm.Yb/h1H;;;;;;/q;;;;;;+1/p-1. The molecule has 0 aromatic heterocycles. The Labute approximate surface area is 241 Å². The number of hydrogen-bond donors (Lipinski definition) is 0. The Kier molecular flexibility index (Phi) is 188. The van der Waals surface area contributed by atoms with Gasteiger partial charge >= 0.3 is 47.6 Å². The fraction of sp³-hybridized carbons (Fsp3) is 0. The van der Waals surface area contributed by atoms with Crippen LogP contribution in [-0.2, 0) is 0 Å². The second kappa shape index (κ2) is 36.6. The van der Waals surface area contributed by atoms with Gasteiger partial charge in [-0.05, 0) is 0 Å². The fourth-order valence-electron chi connectivity index (χ4n) is 0. The first-order valence-corrected chi connectivity index (χ1v) is 2.25. The maximum Gasteiger partial charge on any atom is 0 e. The van der Waals surface area contributed by atoms with Gasteiger partial charge in [-0.3, -0.25) is 0 Å². The molecule has 2 radical (unpaired) electrons. The Hall–Kier alpha value is 8.54. The van der Waals surface area contributed by atoms with Gasteiger partial charge in [0, 0.05) is 204 Å². The number of hydrogen-bond acceptors (Lipinski definition) is 0. The van der Waals surface area contributed by atoms with E-state index in [1.165, 1.54) is 0 Å². The third-order valence-electron chi connectivity index (χ3n) is 0. The summed E-state index contributed by atoms with van der Waals surface area (Å²) in [5.41, 5.74) is 0. The molecule has 67 valence electrons. The molecule has 0 nitrogen and oxygen atoms in total. The number of halogens is 1. The van der Waals surface area contributed by atoms with E-state index in [0.717, 1.165) is 0 Å². The Bertz CT molecular complexity index is 19.7. The van der Waals surface area contributed by atoms with Crippen LogP contribution >= 0.6 is 4.63 Å². The van der Waals surface area contributed by atoms with Crippen molar-refractivity contribution in [3.8, 4) is 0 Å². The van der Waals surface area contributed by atoms with Crippen molar-refractivity contribution in [1.29, 1.82) is 0 Å². The van der Waals surface area contributed by atoms with Crippen LogP contribution in [0.25, 0.3) is 0 Å². The van der Waals surface area contributed by atoms with E-state index >= 15 is 0 Å². The minimum Gasteiger partial charge on any atom is 0 e. The Morgan fingerprint density at radius 2 is 1.14 bits per heavy atom. The molecule has 0 aliphatic heterocycles. The first-order chi connectivity index (χ1) is 1.00. The van der Waals surface area contributed by atoms with E-state index in [2.05, 4.69) is 47.6 Å². The summed E-state index contributed by atoms with van der Waals surface area (Å²) in [5, 5.41) is 0. The van der Waals surface area contributed by atoms with Crippen LogP contribution in [0.5, 0.6) is 0 Å². The average molecular weight is 1000 g/mol. The monoisotopic (exact) mass is 1010 g/mol. The second-order valence-corrected chi connectivity index (χ2v) is 0. The molecule has 0 atom stereocenters. The van der Waals surface area contributed by atoms with Gasteiger partial charge in [-0.1, -0.05) is 0 Å². The van der Waals surface area contributed by atoms with Crippen LogP contribution in [0, 0.1) is 247 Å². The normalized spacial score (nSPS) is 1.00. The molecule has 0 aromatic carbocycles. The smallest absolute Gasteiger partial charge is 0 e. The molecular formula is ClErEuGdSmTmYb. The van der Waals surface area contributed by atoms with Gasteiger partial charge in [0.15, 0.2) is 0 Å². The largest absolute Gasteiger partial charge is 0 e. The fourth-order valence-corrected chi connectivity index (χ4v) is 0. The third-order valence-corrected chi connectivity index (χ3v) is 0. The zero-order chi connectivity index (χ0) is 2.00. The SMILES string of the molecule is [Cl][Yb].[Er].[Eu].[Gd].[Sm].[Tm]. The van der Waals surface area contributed by atoms with Crippen molar-refractivity contribution in [3.63, 3.8) is 0 Å². The van der Waals surface area contributed by atoms with E-state index in [9.17, 15) is 0 Å². The van der Waals surface area contributed by atoms with Gasteiger partial charge in [0.25, 0.3) is 0 Å². The van der Waals surface area contributed by atoms with Gasteiger partial charge < -0.3 is 0 Å². The van der Waals surface area contributed by atoms with Crippen LogP contribution in [0.2, 0.25) is 0 Å². The van der Waals surface area contributed by atoms with Crippen molar-refractivity contribution in [2.75, 3.05) is 0 Å². The van der Waals surface area contributed by atoms with Gasteiger partial charge in [0.05, 0.1) is 0 Å². The van der Waals surface area contributed by atoms with Crippen LogP contribution < -0.4 is 0 Å². The van der Waals surface area contributed by atoms with Crippen molar-refractivity contribution < 1.29 is 247 Å². The molecular weight excluding hydrogens is 1000 g/mol. The van der Waals surface area contributed by atoms with E-state index in [0.29, 0.717) is 0 Å². The van der Waals surface area contributed by atoms with Crippen molar-refractivity contribution in [1.82, 2.24) is 0 Å². The first-order valence-electron chi connectivity index (χ1n) is 0.101. The van der Waals surface area contributed by atoms with Crippen LogP contribution in [0.4, 0.5) is 0 Å². The van der Waals surface area contributed by atoms with Crippen molar-refractivity contribution in [2.24, 2.45) is 0 Å². The topological polar surface area (TPSA) is 0 Å². The maximum absolute atomic E-state index is 4.50. The molecule has 0 N–H and O–H groups in total. The Morgan fingerprint density at radius 1 is 1.14 bits per heavy atom. The first kappa shape index (κ1) is 36.1. The van der Waals surface area contributed by atoms with Crippen LogP contribution in [0.1, 0.15) is 0 Å². The summed E-state index contributed by atoms with van der Waals surface area (Å²) >= 11 is 2.17. The molecule has 0 saturated carbocycles. The minimum atomic E-state index is 0. The summed E-state index contributed by atoms with van der Waals surface area (Å²) < 4.78 is 4.50. The van der Waals surface area contributed by atoms with Gasteiger partial charge in [0.2, 0.25) is 0 Å². The molecule has 0 rings (SSSR count). The molecule has 0 bridgehead atoms. The molecule has 0 amide bonds. The Morgan fingerprint density at radius 3 is 1.14 bits per heavy atom. The molecule has 0 aliphatic carbocycles. The van der Waals surface area contributed by atoms with Crippen molar-refractivity contribution >= 4 is 4.63 Å². The molecule has 0 saturated heterocycles. The minimum absolute atomic E-state index is 0. The van der Waals surface area contributed by atoms with Gasteiger partial charge in [-0.25, -0.2) is 0 Å². The summed E-state index contributed by atoms with van der Waals surface area (Å²) in [4.78, 5) is 0. The predicted molar refractivity (Wildman–Crippen MR) is 5.85 cm³/mol. The second-order valence-electron chi connectivity index (χ2n) is 0. The van der Waals surface area contributed by atoms with Crippen LogP contribution in [-0.4, -0.2) is 0 Å². The van der Waals surface area contributed by atoms with Crippen LogP contribution in [0.3, 0.4) is 0 Å². The van der Waals surface area contributed by atoms with Gasteiger partial charge in [-0.15, -0.1) is 0 Å². The van der Waals surface area contributed by atoms with Crippen molar-refractivity contribution in [2.45, 2.75) is 0 Å². The summed E-state index contributed by atoms with van der Waals surface area (Å²) in [6.07, 6.45) is 0. The molecule has 0 spiro atoms. The zero-order valence-electron chi connectivity index (χ0n) is 2.35. The molecule has 0 aliphatic rings. The molecule has 0 aromatic rings. The maximum atomic E-state index is 4.50. The van der Waals surface area contributed by atoms with Crippen molar-refractivity contribution in [3.05, 3.63) is 0 Å². The summed E-state index contributed by atoms with van der Waals surface area (Å²) in [6, 6.07) is 0. The summed E-state index contributed by atoms with van der Waals surface area (Å²) in [6.45, 7) is 0. The van der Waals surface area contributed by atoms with Gasteiger partial charge in [0.1, 0.15) is 0 Å². The molecule has 0 fully saturated rings. The molecule has 7 heavy (non-hydrogen) atoms. The Balaban J connectivity index is -0.000000000500. The number of rotatable bonds is 0. The summed E-state index contributed by atoms with van der Waals surface area (Å²) in [7, 11) is 0. The van der Waals surface area contributed by atoms with E-state index < -0.39 is 0 Å². The quantitative estimate of drug-likeness (QED) is 0.336. The van der Waals surface area contributed by atoms with E-state index in [1.807, 2.05) is 0 Å². The predicted octanol–water partition coefficient (Wildman–Crippen LogP) is 0.690. The average Bonchev–Trinajstić information content (AvgIpc) is 1.00. The molecule has 0 unspecified atom stereocenters. The van der Waals surface area contributed by atoms with E-state index in [-0.39, 0.29) is 204 Å². The summed E-state index contributed by atoms with van der Waals surface area (Å²) in [5.74, 6) is 0. The third kappa shape index (κ3) is 31.4. The van der Waals surface area contributed by atoms with E-state index in [4.69, 9.17) is 0 Å². The van der Waals surface area contributed by atoms with E-state index in [1.54, 1.807) is 0 Å². The molecule has 0 heterocycles. The van der Waals surface area contributed by atoms with Gasteiger partial charge in [-0.2, -0.15) is 0 Å². The zero-order valence-corrected chi connectivity index (χ0v) is 15.8.